The van der Waals surface area contributed by atoms with E-state index >= 15 is 0 Å². The number of rotatable bonds is 4. The van der Waals surface area contributed by atoms with Gasteiger partial charge in [-0.1, -0.05) is 23.5 Å². The zero-order chi connectivity index (χ0) is 25.8. The molecule has 0 unspecified atom stereocenters. The van der Waals surface area contributed by atoms with Crippen LogP contribution in [0, 0.1) is 5.82 Å². The first kappa shape index (κ1) is 23.2. The summed E-state index contributed by atoms with van der Waals surface area (Å²) in [7, 11) is 1.56. The number of thiazole rings is 1. The average Bonchev–Trinajstić information content (AvgIpc) is 3.55. The molecule has 0 aliphatic carbocycles. The Balaban J connectivity index is 1.52. The molecular weight excluding hydrogens is 495 g/mol. The normalized spacial score (nSPS) is 20.4. The number of fused-ring (bicyclic) bond motifs is 2. The van der Waals surface area contributed by atoms with Crippen molar-refractivity contribution in [2.45, 2.75) is 25.5 Å². The second kappa shape index (κ2) is 8.70. The van der Waals surface area contributed by atoms with Crippen LogP contribution in [0.3, 0.4) is 0 Å². The summed E-state index contributed by atoms with van der Waals surface area (Å²) in [5.74, 6) is -1.06. The lowest BCUT2D eigenvalue weighted by atomic mass is 9.94. The van der Waals surface area contributed by atoms with Crippen LogP contribution in [-0.2, 0) is 16.0 Å². The number of carbonyl (C=O) groups is 2. The number of ketones is 1. The predicted octanol–water partition coefficient (Wildman–Crippen LogP) is 5.39. The third-order valence-electron chi connectivity index (χ3n) is 6.59. The van der Waals surface area contributed by atoms with Crippen LogP contribution in [0.15, 0.2) is 66.2 Å². The van der Waals surface area contributed by atoms with Crippen LogP contribution >= 0.6 is 11.3 Å². The summed E-state index contributed by atoms with van der Waals surface area (Å²) in [6.07, 6.45) is 0.677. The summed E-state index contributed by atoms with van der Waals surface area (Å²) in [4.78, 5) is 32.7. The third-order valence-corrected chi connectivity index (χ3v) is 7.61. The molecule has 0 radical (unpaired) electrons. The lowest BCUT2D eigenvalue weighted by Gasteiger charge is -2.23. The van der Waals surface area contributed by atoms with Crippen molar-refractivity contribution in [3.8, 4) is 11.5 Å². The van der Waals surface area contributed by atoms with E-state index < -0.39 is 23.5 Å². The lowest BCUT2D eigenvalue weighted by molar-refractivity contribution is -0.132. The van der Waals surface area contributed by atoms with Gasteiger partial charge in [0.1, 0.15) is 29.2 Å². The van der Waals surface area contributed by atoms with Crippen LogP contribution in [0.1, 0.15) is 29.7 Å². The van der Waals surface area contributed by atoms with E-state index in [1.807, 2.05) is 6.92 Å². The van der Waals surface area contributed by atoms with Crippen molar-refractivity contribution in [1.29, 1.82) is 0 Å². The summed E-state index contributed by atoms with van der Waals surface area (Å²) >= 11 is 1.22. The molecule has 1 amide bonds. The molecule has 0 spiro atoms. The minimum atomic E-state index is -0.994. The van der Waals surface area contributed by atoms with Gasteiger partial charge < -0.3 is 14.6 Å². The molecule has 4 aromatic rings. The molecule has 9 heteroatoms. The largest absolute Gasteiger partial charge is 0.507 e. The fourth-order valence-corrected chi connectivity index (χ4v) is 5.86. The van der Waals surface area contributed by atoms with Gasteiger partial charge in [-0.2, -0.15) is 0 Å². The van der Waals surface area contributed by atoms with Crippen LogP contribution in [0.5, 0.6) is 11.5 Å². The molecule has 1 N–H and O–H groups in total. The van der Waals surface area contributed by atoms with Gasteiger partial charge in [0.05, 0.1) is 28.9 Å². The number of anilines is 1. The molecule has 37 heavy (non-hydrogen) atoms. The Hall–Kier alpha value is -4.24. The number of Topliss-reactive ketones (excluding diaryl/α,β-unsaturated/α-hetero) is 1. The number of benzene rings is 3. The molecular formula is C28H21FN2O5S. The number of aliphatic hydroxyl groups is 1. The van der Waals surface area contributed by atoms with Crippen molar-refractivity contribution in [3.05, 3.63) is 88.7 Å². The van der Waals surface area contributed by atoms with Crippen molar-refractivity contribution in [2.75, 3.05) is 12.0 Å². The molecule has 1 aromatic heterocycles. The number of carbonyl (C=O) groups excluding carboxylic acids is 2. The van der Waals surface area contributed by atoms with E-state index in [1.54, 1.807) is 43.5 Å². The van der Waals surface area contributed by atoms with Gasteiger partial charge in [0.15, 0.2) is 5.13 Å². The maximum Gasteiger partial charge on any atom is 0.301 e. The van der Waals surface area contributed by atoms with Gasteiger partial charge in [-0.3, -0.25) is 14.5 Å². The maximum atomic E-state index is 13.8. The fourth-order valence-electron chi connectivity index (χ4n) is 4.84. The minimum absolute atomic E-state index is 0.00912. The summed E-state index contributed by atoms with van der Waals surface area (Å²) in [5.41, 5.74) is 2.32. The second-order valence-corrected chi connectivity index (χ2v) is 10.0. The van der Waals surface area contributed by atoms with Gasteiger partial charge in [-0.05, 0) is 66.6 Å². The van der Waals surface area contributed by atoms with E-state index in [9.17, 15) is 19.1 Å². The average molecular weight is 517 g/mol. The zero-order valence-electron chi connectivity index (χ0n) is 19.9. The van der Waals surface area contributed by atoms with Gasteiger partial charge in [0.2, 0.25) is 0 Å². The topological polar surface area (TPSA) is 89.0 Å². The van der Waals surface area contributed by atoms with Crippen molar-refractivity contribution in [2.24, 2.45) is 0 Å². The van der Waals surface area contributed by atoms with Crippen LogP contribution in [0.25, 0.3) is 16.0 Å². The Bertz CT molecular complexity index is 1610. The van der Waals surface area contributed by atoms with E-state index in [0.717, 1.165) is 16.0 Å². The standard InChI is InChI=1S/C28H21FN2O5S/c1-14-11-17-12-16(5-10-21(17)36-14)25(32)23-24(15-3-6-18(29)7-4-15)31(27(34)26(23)33)28-30-20-9-8-19(35-2)13-22(20)37-28/h3-10,12-14,24,32H,11H2,1-2H3/t14-,24+/m0/s1. The number of aromatic nitrogens is 1. The molecule has 0 saturated carbocycles. The highest BCUT2D eigenvalue weighted by Gasteiger charge is 2.48. The first-order valence-corrected chi connectivity index (χ1v) is 12.5. The Morgan fingerprint density at radius 1 is 1.14 bits per heavy atom. The number of amides is 1. The summed E-state index contributed by atoms with van der Waals surface area (Å²) < 4.78 is 25.6. The highest BCUT2D eigenvalue weighted by atomic mass is 32.1. The molecule has 3 aromatic carbocycles. The lowest BCUT2D eigenvalue weighted by Crippen LogP contribution is -2.29. The van der Waals surface area contributed by atoms with Gasteiger partial charge in [0, 0.05) is 12.0 Å². The smallest absolute Gasteiger partial charge is 0.301 e. The molecule has 186 valence electrons. The fraction of sp³-hybridized carbons (Fsp3) is 0.179. The number of aliphatic hydroxyl groups excluding tert-OH is 1. The number of nitrogens with zero attached hydrogens (tertiary/aromatic N) is 2. The molecule has 1 saturated heterocycles. The Kier molecular flexibility index (Phi) is 5.45. The van der Waals surface area contributed by atoms with Crippen LogP contribution in [0.2, 0.25) is 0 Å². The Morgan fingerprint density at radius 2 is 1.92 bits per heavy atom. The molecule has 2 atom stereocenters. The Labute approximate surface area is 215 Å². The van der Waals surface area contributed by atoms with Gasteiger partial charge >= 0.3 is 5.91 Å². The zero-order valence-corrected chi connectivity index (χ0v) is 20.7. The highest BCUT2D eigenvalue weighted by molar-refractivity contribution is 7.22. The number of methoxy groups -OCH3 is 1. The second-order valence-electron chi connectivity index (χ2n) is 9.01. The van der Waals surface area contributed by atoms with Crippen molar-refractivity contribution < 1.29 is 28.6 Å². The van der Waals surface area contributed by atoms with Crippen molar-refractivity contribution in [3.63, 3.8) is 0 Å². The molecule has 3 heterocycles. The predicted molar refractivity (Wildman–Crippen MR) is 138 cm³/mol. The first-order chi connectivity index (χ1) is 17.8. The Morgan fingerprint density at radius 3 is 2.68 bits per heavy atom. The van der Waals surface area contributed by atoms with E-state index in [2.05, 4.69) is 4.98 Å². The minimum Gasteiger partial charge on any atom is -0.507 e. The molecule has 0 bridgehead atoms. The SMILES string of the molecule is COc1ccc2nc(N3C(=O)C(=O)C(=C(O)c4ccc5c(c4)C[C@H](C)O5)[C@H]3c3ccc(F)cc3)sc2c1. The van der Waals surface area contributed by atoms with E-state index in [-0.39, 0.29) is 22.6 Å². The van der Waals surface area contributed by atoms with Crippen LogP contribution in [-0.4, -0.2) is 35.0 Å². The van der Waals surface area contributed by atoms with E-state index in [4.69, 9.17) is 9.47 Å². The van der Waals surface area contributed by atoms with Crippen LogP contribution < -0.4 is 14.4 Å². The van der Waals surface area contributed by atoms with E-state index in [0.29, 0.717) is 28.8 Å². The number of hydrogen-bond acceptors (Lipinski definition) is 7. The van der Waals surface area contributed by atoms with Gasteiger partial charge in [0.25, 0.3) is 5.78 Å². The summed E-state index contributed by atoms with van der Waals surface area (Å²) in [5, 5.41) is 11.7. The molecule has 1 fully saturated rings. The molecule has 6 rings (SSSR count). The molecule has 2 aliphatic rings. The van der Waals surface area contributed by atoms with Crippen LogP contribution in [0.4, 0.5) is 9.52 Å². The van der Waals surface area contributed by atoms with Crippen molar-refractivity contribution in [1.82, 2.24) is 4.98 Å². The third kappa shape index (κ3) is 3.82. The van der Waals surface area contributed by atoms with Gasteiger partial charge in [-0.15, -0.1) is 0 Å². The number of hydrogen-bond donors (Lipinski definition) is 1. The highest BCUT2D eigenvalue weighted by Crippen LogP contribution is 2.45. The monoisotopic (exact) mass is 516 g/mol. The van der Waals surface area contributed by atoms with Gasteiger partial charge in [-0.25, -0.2) is 9.37 Å². The first-order valence-electron chi connectivity index (χ1n) is 11.6. The number of halogens is 1. The van der Waals surface area contributed by atoms with E-state index in [1.165, 1.54) is 40.5 Å². The number of ether oxygens (including phenoxy) is 2. The summed E-state index contributed by atoms with van der Waals surface area (Å²) in [6, 6.07) is 15.0. The maximum absolute atomic E-state index is 13.8. The molecule has 7 nitrogen and oxygen atoms in total. The quantitative estimate of drug-likeness (QED) is 0.222. The van der Waals surface area contributed by atoms with Crippen molar-refractivity contribution >= 4 is 44.1 Å². The summed E-state index contributed by atoms with van der Waals surface area (Å²) in [6.45, 7) is 1.95. The molecule has 2 aliphatic heterocycles.